The zero-order valence-corrected chi connectivity index (χ0v) is 17.7. The van der Waals surface area contributed by atoms with E-state index < -0.39 is 11.9 Å². The fraction of sp³-hybridized carbons (Fsp3) is 0.444. The van der Waals surface area contributed by atoms with Gasteiger partial charge in [0.25, 0.3) is 0 Å². The summed E-state index contributed by atoms with van der Waals surface area (Å²) < 4.78 is 2.08. The van der Waals surface area contributed by atoms with Crippen LogP contribution in [0.15, 0.2) is 23.4 Å². The third-order valence-corrected chi connectivity index (χ3v) is 6.08. The van der Waals surface area contributed by atoms with Gasteiger partial charge in [-0.2, -0.15) is 0 Å². The lowest BCUT2D eigenvalue weighted by atomic mass is 9.95. The first-order valence-electron chi connectivity index (χ1n) is 9.04. The van der Waals surface area contributed by atoms with Gasteiger partial charge in [-0.3, -0.25) is 14.7 Å². The molecule has 1 heterocycles. The molecule has 0 saturated heterocycles. The maximum absolute atomic E-state index is 12.0. The van der Waals surface area contributed by atoms with E-state index in [0.717, 1.165) is 31.2 Å². The van der Waals surface area contributed by atoms with Gasteiger partial charge < -0.3 is 5.32 Å². The first-order chi connectivity index (χ1) is 13.5. The Kier molecular flexibility index (Phi) is 7.20. The predicted molar refractivity (Wildman–Crippen MR) is 111 cm³/mol. The van der Waals surface area contributed by atoms with Gasteiger partial charge in [0.05, 0.1) is 10.8 Å². The van der Waals surface area contributed by atoms with Gasteiger partial charge in [0.2, 0.25) is 5.91 Å². The Morgan fingerprint density at radius 3 is 2.64 bits per heavy atom. The largest absolute Gasteiger partial charge is 0.341 e. The number of carbonyl (C=O) groups excluding carboxylic acids is 2. The average Bonchev–Trinajstić information content (AvgIpc) is 3.10. The minimum absolute atomic E-state index is 0.0621. The van der Waals surface area contributed by atoms with E-state index in [2.05, 4.69) is 25.4 Å². The van der Waals surface area contributed by atoms with Crippen molar-refractivity contribution < 1.29 is 9.59 Å². The van der Waals surface area contributed by atoms with E-state index in [-0.39, 0.29) is 11.8 Å². The van der Waals surface area contributed by atoms with Gasteiger partial charge in [0.15, 0.2) is 11.0 Å². The summed E-state index contributed by atoms with van der Waals surface area (Å²) in [5, 5.41) is 15.0. The van der Waals surface area contributed by atoms with Crippen LogP contribution in [0.3, 0.4) is 0 Å². The Morgan fingerprint density at radius 1 is 1.21 bits per heavy atom. The second kappa shape index (κ2) is 9.62. The van der Waals surface area contributed by atoms with E-state index in [0.29, 0.717) is 21.0 Å². The molecular formula is C18H21Cl2N5O2S. The minimum Gasteiger partial charge on any atom is -0.341 e. The molecule has 28 heavy (non-hydrogen) atoms. The number of nitrogens with one attached hydrogen (secondary N) is 2. The van der Waals surface area contributed by atoms with Crippen molar-refractivity contribution in [3.05, 3.63) is 28.2 Å². The lowest BCUT2D eigenvalue weighted by Crippen LogP contribution is -2.38. The van der Waals surface area contributed by atoms with Crippen molar-refractivity contribution in [1.29, 1.82) is 0 Å². The molecule has 1 aliphatic carbocycles. The third kappa shape index (κ3) is 4.98. The topological polar surface area (TPSA) is 88.9 Å². The summed E-state index contributed by atoms with van der Waals surface area (Å²) in [6.45, 7) is 0. The quantitative estimate of drug-likeness (QED) is 0.674. The monoisotopic (exact) mass is 441 g/mol. The Bertz CT molecular complexity index is 868. The summed E-state index contributed by atoms with van der Waals surface area (Å²) in [6, 6.07) is 5.00. The third-order valence-electron chi connectivity index (χ3n) is 4.59. The number of hydrogen-bond donors (Lipinski definition) is 2. The number of nitrogens with zero attached hydrogens (tertiary/aromatic N) is 3. The number of carbonyl (C=O) groups is 2. The summed E-state index contributed by atoms with van der Waals surface area (Å²) in [5.41, 5.74) is 0.755. The van der Waals surface area contributed by atoms with Crippen LogP contribution >= 0.6 is 35.0 Å². The van der Waals surface area contributed by atoms with E-state index in [1.165, 1.54) is 25.2 Å². The first-order valence-corrected chi connectivity index (χ1v) is 10.8. The Labute approximate surface area is 177 Å². The van der Waals surface area contributed by atoms with Gasteiger partial charge >= 0.3 is 6.03 Å². The number of halogens is 2. The molecule has 150 valence electrons. The fourth-order valence-corrected chi connectivity index (χ4v) is 4.55. The van der Waals surface area contributed by atoms with Gasteiger partial charge in [-0.1, -0.05) is 54.2 Å². The van der Waals surface area contributed by atoms with E-state index >= 15 is 0 Å². The van der Waals surface area contributed by atoms with Crippen LogP contribution in [-0.2, 0) is 4.79 Å². The normalized spacial score (nSPS) is 14.7. The number of rotatable bonds is 5. The van der Waals surface area contributed by atoms with Gasteiger partial charge in [0.1, 0.15) is 0 Å². The lowest BCUT2D eigenvalue weighted by molar-refractivity contribution is -0.117. The molecule has 0 radical (unpaired) electrons. The zero-order chi connectivity index (χ0) is 20.1. The highest BCUT2D eigenvalue weighted by atomic mass is 35.5. The molecule has 0 bridgehead atoms. The molecule has 10 heteroatoms. The number of urea groups is 1. The molecule has 1 saturated carbocycles. The molecule has 1 aliphatic rings. The Hall–Kier alpha value is -1.77. The van der Waals surface area contributed by atoms with Crippen LogP contribution in [0.4, 0.5) is 4.79 Å². The minimum atomic E-state index is -0.534. The van der Waals surface area contributed by atoms with Crippen molar-refractivity contribution in [2.75, 3.05) is 12.8 Å². The van der Waals surface area contributed by atoms with Gasteiger partial charge in [-0.25, -0.2) is 4.79 Å². The summed E-state index contributed by atoms with van der Waals surface area (Å²) in [6.07, 6.45) is 5.53. The van der Waals surface area contributed by atoms with E-state index in [9.17, 15) is 9.59 Å². The summed E-state index contributed by atoms with van der Waals surface area (Å²) >= 11 is 13.7. The fourth-order valence-electron chi connectivity index (χ4n) is 3.25. The number of benzene rings is 1. The number of amides is 3. The number of imide groups is 1. The number of hydrogen-bond acceptors (Lipinski definition) is 5. The van der Waals surface area contributed by atoms with Crippen LogP contribution in [0.5, 0.6) is 0 Å². The SMILES string of the molecule is CNC(=O)NC(=O)CSc1nnc(-c2ccc(Cl)cc2Cl)n1C1CCCCC1. The van der Waals surface area contributed by atoms with Crippen LogP contribution in [-0.4, -0.2) is 39.5 Å². The summed E-state index contributed by atoms with van der Waals surface area (Å²) in [5.74, 6) is 0.337. The van der Waals surface area contributed by atoms with Crippen LogP contribution in [0.1, 0.15) is 38.1 Å². The van der Waals surface area contributed by atoms with Crippen LogP contribution in [0, 0.1) is 0 Å². The molecule has 0 atom stereocenters. The van der Waals surface area contributed by atoms with Gasteiger partial charge in [-0.05, 0) is 31.0 Å². The van der Waals surface area contributed by atoms with Crippen molar-refractivity contribution in [3.63, 3.8) is 0 Å². The first kappa shape index (κ1) is 21.0. The Morgan fingerprint density at radius 2 is 1.96 bits per heavy atom. The van der Waals surface area contributed by atoms with Gasteiger partial charge in [-0.15, -0.1) is 10.2 Å². The second-order valence-corrected chi connectivity index (χ2v) is 8.29. The maximum atomic E-state index is 12.0. The van der Waals surface area contributed by atoms with Crippen molar-refractivity contribution >= 4 is 46.9 Å². The molecule has 3 amide bonds. The predicted octanol–water partition coefficient (Wildman–Crippen LogP) is 4.30. The van der Waals surface area contributed by atoms with Crippen LogP contribution in [0.2, 0.25) is 10.0 Å². The molecule has 2 aromatic rings. The summed E-state index contributed by atoms with van der Waals surface area (Å²) in [4.78, 5) is 23.2. The molecule has 7 nitrogen and oxygen atoms in total. The van der Waals surface area contributed by atoms with Crippen molar-refractivity contribution in [2.45, 2.75) is 43.3 Å². The highest BCUT2D eigenvalue weighted by Gasteiger charge is 2.25. The van der Waals surface area contributed by atoms with E-state index in [4.69, 9.17) is 23.2 Å². The molecule has 1 aromatic heterocycles. The van der Waals surface area contributed by atoms with E-state index in [1.807, 2.05) is 6.07 Å². The highest BCUT2D eigenvalue weighted by molar-refractivity contribution is 7.99. The maximum Gasteiger partial charge on any atom is 0.321 e. The molecule has 0 aliphatic heterocycles. The van der Waals surface area contributed by atoms with Crippen molar-refractivity contribution in [2.24, 2.45) is 0 Å². The summed E-state index contributed by atoms with van der Waals surface area (Å²) in [7, 11) is 1.46. The molecule has 1 aromatic carbocycles. The molecule has 0 spiro atoms. The highest BCUT2D eigenvalue weighted by Crippen LogP contribution is 2.37. The number of thioether (sulfide) groups is 1. The Balaban J connectivity index is 1.88. The van der Waals surface area contributed by atoms with Crippen molar-refractivity contribution in [3.8, 4) is 11.4 Å². The molecule has 1 fully saturated rings. The average molecular weight is 442 g/mol. The zero-order valence-electron chi connectivity index (χ0n) is 15.4. The molecule has 0 unspecified atom stereocenters. The molecular weight excluding hydrogens is 421 g/mol. The second-order valence-electron chi connectivity index (χ2n) is 6.51. The van der Waals surface area contributed by atoms with Gasteiger partial charge in [0, 0.05) is 23.7 Å². The smallest absolute Gasteiger partial charge is 0.321 e. The lowest BCUT2D eigenvalue weighted by Gasteiger charge is -2.25. The van der Waals surface area contributed by atoms with Crippen molar-refractivity contribution in [1.82, 2.24) is 25.4 Å². The van der Waals surface area contributed by atoms with Crippen LogP contribution < -0.4 is 10.6 Å². The molecule has 3 rings (SSSR count). The van der Waals surface area contributed by atoms with Crippen LogP contribution in [0.25, 0.3) is 11.4 Å². The molecule has 2 N–H and O–H groups in total. The number of aromatic nitrogens is 3. The van der Waals surface area contributed by atoms with E-state index in [1.54, 1.807) is 12.1 Å². The standard InChI is InChI=1S/C18H21Cl2N5O2S/c1-21-17(27)22-15(26)10-28-18-24-23-16(13-8-7-11(19)9-14(13)20)25(18)12-5-3-2-4-6-12/h7-9,12H,2-6,10H2,1H3,(H2,21,22,26,27).